The van der Waals surface area contributed by atoms with Crippen LogP contribution in [0.2, 0.25) is 5.02 Å². The van der Waals surface area contributed by atoms with E-state index in [9.17, 15) is 9.59 Å². The first kappa shape index (κ1) is 21.2. The Morgan fingerprint density at radius 3 is 2.61 bits per heavy atom. The average Bonchev–Trinajstić information content (AvgIpc) is 3.05. The Morgan fingerprint density at radius 2 is 1.93 bits per heavy atom. The maximum absolute atomic E-state index is 13.0. The number of carbonyl (C=O) groups is 2. The molecule has 0 fully saturated rings. The maximum atomic E-state index is 13.0. The molecule has 1 atom stereocenters. The third kappa shape index (κ3) is 4.91. The van der Waals surface area contributed by atoms with Crippen molar-refractivity contribution >= 4 is 51.6 Å². The van der Waals surface area contributed by atoms with Gasteiger partial charge in [-0.2, -0.15) is 0 Å². The highest BCUT2D eigenvalue weighted by molar-refractivity contribution is 8.00. The molecule has 4 nitrogen and oxygen atoms in total. The van der Waals surface area contributed by atoms with Gasteiger partial charge < -0.3 is 10.1 Å². The lowest BCUT2D eigenvalue weighted by Gasteiger charge is -2.15. The van der Waals surface area contributed by atoms with E-state index >= 15 is 0 Å². The number of ether oxygens (including phenoxy) is 1. The molecule has 1 N–H and O–H groups in total. The summed E-state index contributed by atoms with van der Waals surface area (Å²) in [5.41, 5.74) is 1.62. The van der Waals surface area contributed by atoms with Crippen LogP contribution in [0.25, 0.3) is 0 Å². The van der Waals surface area contributed by atoms with Gasteiger partial charge in [-0.25, -0.2) is 4.79 Å². The van der Waals surface area contributed by atoms with Gasteiger partial charge in [0.2, 0.25) is 5.91 Å². The lowest BCUT2D eigenvalue weighted by atomic mass is 9.95. The minimum atomic E-state index is -0.337. The number of nitrogens with one attached hydrogen (secondary N) is 1. The molecule has 1 aromatic carbocycles. The normalized spacial score (nSPS) is 14.2. The molecule has 1 heterocycles. The Balaban J connectivity index is 1.80. The van der Waals surface area contributed by atoms with Crippen LogP contribution >= 0.6 is 34.7 Å². The van der Waals surface area contributed by atoms with Crippen molar-refractivity contribution in [3.8, 4) is 0 Å². The van der Waals surface area contributed by atoms with E-state index in [1.165, 1.54) is 28.0 Å². The highest BCUT2D eigenvalue weighted by atomic mass is 35.5. The molecule has 3 rings (SSSR count). The first-order chi connectivity index (χ1) is 13.5. The summed E-state index contributed by atoms with van der Waals surface area (Å²) in [4.78, 5) is 27.7. The molecule has 0 bridgehead atoms. The first-order valence-corrected chi connectivity index (χ1v) is 11.7. The number of anilines is 1. The molecule has 1 amide bonds. The van der Waals surface area contributed by atoms with Gasteiger partial charge >= 0.3 is 5.97 Å². The van der Waals surface area contributed by atoms with Gasteiger partial charge in [0.25, 0.3) is 0 Å². The molecule has 0 spiro atoms. The largest absolute Gasteiger partial charge is 0.462 e. The monoisotopic (exact) mass is 437 g/mol. The predicted molar refractivity (Wildman–Crippen MR) is 117 cm³/mol. The van der Waals surface area contributed by atoms with Crippen LogP contribution in [-0.2, 0) is 22.4 Å². The molecule has 0 radical (unpaired) electrons. The lowest BCUT2D eigenvalue weighted by molar-refractivity contribution is -0.115. The Hall–Kier alpha value is -1.50. The smallest absolute Gasteiger partial charge is 0.341 e. The summed E-state index contributed by atoms with van der Waals surface area (Å²) in [6, 6.07) is 7.47. The van der Waals surface area contributed by atoms with Crippen LogP contribution in [0.5, 0.6) is 0 Å². The molecule has 1 aromatic heterocycles. The van der Waals surface area contributed by atoms with Crippen molar-refractivity contribution in [1.82, 2.24) is 0 Å². The SMILES string of the molecule is CCOC(=O)c1c(NC(=O)[C@@H](CC)Sc2ccc(Cl)cc2)sc2c1CCCC2. The number of halogens is 1. The number of fused-ring (bicyclic) bond motifs is 1. The van der Waals surface area contributed by atoms with Crippen molar-refractivity contribution in [2.24, 2.45) is 0 Å². The molecule has 150 valence electrons. The molecule has 0 saturated heterocycles. The zero-order valence-corrected chi connectivity index (χ0v) is 18.4. The second-order valence-electron chi connectivity index (χ2n) is 6.59. The van der Waals surface area contributed by atoms with Crippen molar-refractivity contribution < 1.29 is 14.3 Å². The highest BCUT2D eigenvalue weighted by Crippen LogP contribution is 2.39. The first-order valence-electron chi connectivity index (χ1n) is 9.58. The summed E-state index contributed by atoms with van der Waals surface area (Å²) in [7, 11) is 0. The molecular weight excluding hydrogens is 414 g/mol. The average molecular weight is 438 g/mol. The number of rotatable bonds is 7. The Labute approximate surface area is 179 Å². The minimum Gasteiger partial charge on any atom is -0.462 e. The van der Waals surface area contributed by atoms with E-state index in [0.717, 1.165) is 36.1 Å². The van der Waals surface area contributed by atoms with Crippen LogP contribution in [0, 0.1) is 0 Å². The second-order valence-corrected chi connectivity index (χ2v) is 9.41. The lowest BCUT2D eigenvalue weighted by Crippen LogP contribution is -2.25. The molecule has 1 aliphatic carbocycles. The number of amides is 1. The van der Waals surface area contributed by atoms with Gasteiger partial charge in [-0.15, -0.1) is 23.1 Å². The van der Waals surface area contributed by atoms with E-state index in [1.807, 2.05) is 31.2 Å². The maximum Gasteiger partial charge on any atom is 0.341 e. The van der Waals surface area contributed by atoms with Crippen molar-refractivity contribution in [2.75, 3.05) is 11.9 Å². The van der Waals surface area contributed by atoms with E-state index in [1.54, 1.807) is 6.92 Å². The van der Waals surface area contributed by atoms with Crippen molar-refractivity contribution in [3.63, 3.8) is 0 Å². The molecule has 0 saturated carbocycles. The van der Waals surface area contributed by atoms with Crippen LogP contribution in [0.4, 0.5) is 5.00 Å². The summed E-state index contributed by atoms with van der Waals surface area (Å²) >= 11 is 8.97. The fourth-order valence-electron chi connectivity index (χ4n) is 3.27. The quantitative estimate of drug-likeness (QED) is 0.428. The minimum absolute atomic E-state index is 0.0911. The van der Waals surface area contributed by atoms with E-state index < -0.39 is 0 Å². The zero-order valence-electron chi connectivity index (χ0n) is 16.0. The number of esters is 1. The van der Waals surface area contributed by atoms with Crippen LogP contribution in [-0.4, -0.2) is 23.7 Å². The molecule has 7 heteroatoms. The topological polar surface area (TPSA) is 55.4 Å². The van der Waals surface area contributed by atoms with Crippen molar-refractivity contribution in [3.05, 3.63) is 45.3 Å². The Morgan fingerprint density at radius 1 is 1.21 bits per heavy atom. The summed E-state index contributed by atoms with van der Waals surface area (Å²) < 4.78 is 5.27. The van der Waals surface area contributed by atoms with Crippen molar-refractivity contribution in [2.45, 2.75) is 56.1 Å². The Kier molecular flexibility index (Phi) is 7.43. The second kappa shape index (κ2) is 9.81. The van der Waals surface area contributed by atoms with Gasteiger partial charge in [0, 0.05) is 14.8 Å². The van der Waals surface area contributed by atoms with Crippen LogP contribution in [0.15, 0.2) is 29.2 Å². The van der Waals surface area contributed by atoms with Crippen LogP contribution in [0.3, 0.4) is 0 Å². The summed E-state index contributed by atoms with van der Waals surface area (Å²) in [6.45, 7) is 4.10. The number of carbonyl (C=O) groups excluding carboxylic acids is 2. The molecule has 28 heavy (non-hydrogen) atoms. The molecule has 0 unspecified atom stereocenters. The highest BCUT2D eigenvalue weighted by Gasteiger charge is 2.28. The van der Waals surface area contributed by atoms with E-state index in [4.69, 9.17) is 16.3 Å². The van der Waals surface area contributed by atoms with Gasteiger partial charge in [-0.3, -0.25) is 4.79 Å². The third-order valence-corrected chi connectivity index (χ3v) is 7.48. The zero-order chi connectivity index (χ0) is 20.1. The van der Waals surface area contributed by atoms with E-state index in [2.05, 4.69) is 5.32 Å². The number of hydrogen-bond donors (Lipinski definition) is 1. The predicted octanol–water partition coefficient (Wildman–Crippen LogP) is 5.97. The van der Waals surface area contributed by atoms with Crippen LogP contribution < -0.4 is 5.32 Å². The summed E-state index contributed by atoms with van der Waals surface area (Å²) in [6.07, 6.45) is 4.69. The van der Waals surface area contributed by atoms with Gasteiger partial charge in [0.15, 0.2) is 0 Å². The van der Waals surface area contributed by atoms with Gasteiger partial charge in [0.1, 0.15) is 5.00 Å². The number of thiophene rings is 1. The van der Waals surface area contributed by atoms with Crippen LogP contribution in [0.1, 0.15) is 53.9 Å². The standard InChI is InChI=1S/C21H24ClNO3S2/c1-3-16(27-14-11-9-13(22)10-12-14)19(24)23-20-18(21(25)26-4-2)15-7-5-6-8-17(15)28-20/h9-12,16H,3-8H2,1-2H3,(H,23,24)/t16-/m1/s1. The number of aryl methyl sites for hydroxylation is 1. The molecule has 2 aromatic rings. The number of benzene rings is 1. The van der Waals surface area contributed by atoms with Gasteiger partial charge in [-0.1, -0.05) is 18.5 Å². The summed E-state index contributed by atoms with van der Waals surface area (Å²) in [5.74, 6) is -0.429. The number of hydrogen-bond acceptors (Lipinski definition) is 5. The Bertz CT molecular complexity index is 848. The van der Waals surface area contributed by atoms with Gasteiger partial charge in [-0.05, 0) is 68.9 Å². The van der Waals surface area contributed by atoms with E-state index in [-0.39, 0.29) is 17.1 Å². The van der Waals surface area contributed by atoms with E-state index in [0.29, 0.717) is 28.6 Å². The third-order valence-electron chi connectivity index (χ3n) is 4.64. The molecule has 1 aliphatic rings. The van der Waals surface area contributed by atoms with Crippen molar-refractivity contribution in [1.29, 1.82) is 0 Å². The molecular formula is C21H24ClNO3S2. The molecule has 0 aliphatic heterocycles. The fraction of sp³-hybridized carbons (Fsp3) is 0.429. The fourth-order valence-corrected chi connectivity index (χ4v) is 5.63. The summed E-state index contributed by atoms with van der Waals surface area (Å²) in [5, 5.41) is 4.07. The number of thioether (sulfide) groups is 1. The van der Waals surface area contributed by atoms with Gasteiger partial charge in [0.05, 0.1) is 17.4 Å².